The molecule has 30 heavy (non-hydrogen) atoms. The Balaban J connectivity index is 1.71. The van der Waals surface area contributed by atoms with E-state index < -0.39 is 17.7 Å². The molecule has 0 fully saturated rings. The average molecular weight is 414 g/mol. The first-order valence-corrected chi connectivity index (χ1v) is 9.44. The number of halogens is 3. The number of ether oxygens (including phenoxy) is 2. The molecule has 0 aliphatic carbocycles. The molecule has 0 bridgehead atoms. The van der Waals surface area contributed by atoms with Crippen LogP contribution in [0.4, 0.5) is 13.2 Å². The van der Waals surface area contributed by atoms with E-state index in [0.29, 0.717) is 16.9 Å². The van der Waals surface area contributed by atoms with Crippen LogP contribution in [0.2, 0.25) is 0 Å². The summed E-state index contributed by atoms with van der Waals surface area (Å²) in [6.07, 6.45) is -3.83. The van der Waals surface area contributed by atoms with Crippen LogP contribution < -0.4 is 4.74 Å². The van der Waals surface area contributed by atoms with E-state index in [4.69, 9.17) is 9.47 Å². The lowest BCUT2D eigenvalue weighted by atomic mass is 10.0. The molecule has 0 aromatic heterocycles. The summed E-state index contributed by atoms with van der Waals surface area (Å²) in [7, 11) is 1.34. The summed E-state index contributed by atoms with van der Waals surface area (Å²) in [5.41, 5.74) is 2.22. The summed E-state index contributed by atoms with van der Waals surface area (Å²) < 4.78 is 48.9. The van der Waals surface area contributed by atoms with Gasteiger partial charge in [0.2, 0.25) is 0 Å². The monoisotopic (exact) mass is 414 g/mol. The second-order valence-electron chi connectivity index (χ2n) is 6.73. The normalized spacial score (nSPS) is 12.3. The van der Waals surface area contributed by atoms with Crippen molar-refractivity contribution in [2.24, 2.45) is 0 Å². The van der Waals surface area contributed by atoms with Gasteiger partial charge < -0.3 is 9.47 Å². The van der Waals surface area contributed by atoms with E-state index in [2.05, 4.69) is 0 Å². The fourth-order valence-electron chi connectivity index (χ4n) is 3.08. The molecule has 3 rings (SSSR count). The lowest BCUT2D eigenvalue weighted by molar-refractivity contribution is -0.137. The largest absolute Gasteiger partial charge is 0.486 e. The number of hydrogen-bond acceptors (Lipinski definition) is 3. The molecule has 3 nitrogen and oxygen atoms in total. The standard InChI is InChI=1S/C24H21F3O3/c1-3-22(18-4-6-19(7-5-18)23(28)29-2)30-21-14-10-17(11-15-21)16-8-12-20(13-9-16)24(25,26)27/h4-15,22H,3H2,1-2H3. The SMILES string of the molecule is CCC(Oc1ccc(-c2ccc(C(F)(F)F)cc2)cc1)c1ccc(C(=O)OC)cc1. The Bertz CT molecular complexity index is 976. The van der Waals surface area contributed by atoms with Crippen molar-refractivity contribution in [2.75, 3.05) is 7.11 Å². The van der Waals surface area contributed by atoms with Crippen molar-refractivity contribution in [2.45, 2.75) is 25.6 Å². The summed E-state index contributed by atoms with van der Waals surface area (Å²) in [6.45, 7) is 2.00. The molecule has 3 aromatic carbocycles. The Kier molecular flexibility index (Phi) is 6.45. The van der Waals surface area contributed by atoms with Crippen LogP contribution >= 0.6 is 0 Å². The molecule has 0 N–H and O–H groups in total. The summed E-state index contributed by atoms with van der Waals surface area (Å²) in [5.74, 6) is 0.254. The van der Waals surface area contributed by atoms with E-state index in [9.17, 15) is 18.0 Å². The van der Waals surface area contributed by atoms with E-state index in [1.54, 1.807) is 24.3 Å². The van der Waals surface area contributed by atoms with Crippen LogP contribution in [0.25, 0.3) is 11.1 Å². The molecule has 0 spiro atoms. The highest BCUT2D eigenvalue weighted by molar-refractivity contribution is 5.89. The second kappa shape index (κ2) is 9.03. The first-order chi connectivity index (χ1) is 14.3. The number of hydrogen-bond donors (Lipinski definition) is 0. The van der Waals surface area contributed by atoms with Gasteiger partial charge in [-0.1, -0.05) is 43.3 Å². The first kappa shape index (κ1) is 21.4. The predicted molar refractivity (Wildman–Crippen MR) is 108 cm³/mol. The number of alkyl halides is 3. The maximum Gasteiger partial charge on any atom is 0.416 e. The number of methoxy groups -OCH3 is 1. The van der Waals surface area contributed by atoms with Crippen molar-refractivity contribution in [3.8, 4) is 16.9 Å². The van der Waals surface area contributed by atoms with E-state index in [0.717, 1.165) is 29.7 Å². The van der Waals surface area contributed by atoms with E-state index >= 15 is 0 Å². The molecule has 0 aliphatic heterocycles. The van der Waals surface area contributed by atoms with Crippen LogP contribution in [0.1, 0.15) is 40.9 Å². The van der Waals surface area contributed by atoms with Crippen molar-refractivity contribution >= 4 is 5.97 Å². The summed E-state index contributed by atoms with van der Waals surface area (Å²) in [4.78, 5) is 11.6. The van der Waals surface area contributed by atoms with Gasteiger partial charge in [-0.25, -0.2) is 4.79 Å². The molecule has 6 heteroatoms. The Morgan fingerprint density at radius 1 is 0.867 bits per heavy atom. The van der Waals surface area contributed by atoms with Gasteiger partial charge in [0, 0.05) is 0 Å². The molecule has 1 unspecified atom stereocenters. The minimum atomic E-state index is -4.35. The molecule has 0 aliphatic rings. The van der Waals surface area contributed by atoms with Gasteiger partial charge in [0.15, 0.2) is 0 Å². The number of benzene rings is 3. The van der Waals surface area contributed by atoms with Crippen LogP contribution in [-0.4, -0.2) is 13.1 Å². The van der Waals surface area contributed by atoms with Gasteiger partial charge in [-0.15, -0.1) is 0 Å². The van der Waals surface area contributed by atoms with Crippen molar-refractivity contribution in [3.05, 3.63) is 89.5 Å². The van der Waals surface area contributed by atoms with E-state index in [1.165, 1.54) is 19.2 Å². The van der Waals surface area contributed by atoms with E-state index in [1.807, 2.05) is 31.2 Å². The van der Waals surface area contributed by atoms with Gasteiger partial charge in [-0.3, -0.25) is 0 Å². The van der Waals surface area contributed by atoms with Crippen molar-refractivity contribution in [1.29, 1.82) is 0 Å². The maximum atomic E-state index is 12.7. The molecular weight excluding hydrogens is 393 g/mol. The Labute approximate surface area is 173 Å². The molecule has 1 atom stereocenters. The van der Waals surface area contributed by atoms with Gasteiger partial charge in [0.25, 0.3) is 0 Å². The van der Waals surface area contributed by atoms with Gasteiger partial charge in [0.1, 0.15) is 11.9 Å². The fourth-order valence-corrected chi connectivity index (χ4v) is 3.08. The lowest BCUT2D eigenvalue weighted by Crippen LogP contribution is -2.07. The summed E-state index contributed by atoms with van der Waals surface area (Å²) >= 11 is 0. The first-order valence-electron chi connectivity index (χ1n) is 9.44. The Morgan fingerprint density at radius 3 is 1.87 bits per heavy atom. The van der Waals surface area contributed by atoms with Crippen LogP contribution in [-0.2, 0) is 10.9 Å². The minimum absolute atomic E-state index is 0.200. The fraction of sp³-hybridized carbons (Fsp3) is 0.208. The third-order valence-electron chi connectivity index (χ3n) is 4.75. The third kappa shape index (κ3) is 5.00. The van der Waals surface area contributed by atoms with Crippen molar-refractivity contribution in [3.63, 3.8) is 0 Å². The zero-order valence-electron chi connectivity index (χ0n) is 16.6. The predicted octanol–water partition coefficient (Wildman–Crippen LogP) is 6.69. The van der Waals surface area contributed by atoms with Crippen LogP contribution in [0.5, 0.6) is 5.75 Å². The summed E-state index contributed by atoms with van der Waals surface area (Å²) in [5, 5.41) is 0. The Morgan fingerprint density at radius 2 is 1.40 bits per heavy atom. The smallest absolute Gasteiger partial charge is 0.416 e. The van der Waals surface area contributed by atoms with Crippen molar-refractivity contribution < 1.29 is 27.4 Å². The molecular formula is C24H21F3O3. The average Bonchev–Trinajstić information content (AvgIpc) is 2.77. The van der Waals surface area contributed by atoms with Crippen LogP contribution in [0.15, 0.2) is 72.8 Å². The quantitative estimate of drug-likeness (QED) is 0.422. The van der Waals surface area contributed by atoms with Gasteiger partial charge >= 0.3 is 12.1 Å². The molecule has 0 saturated carbocycles. The molecule has 0 saturated heterocycles. The highest BCUT2D eigenvalue weighted by Crippen LogP contribution is 2.32. The molecule has 0 heterocycles. The van der Waals surface area contributed by atoms with Crippen LogP contribution in [0.3, 0.4) is 0 Å². The summed E-state index contributed by atoms with van der Waals surface area (Å²) in [6, 6.07) is 19.3. The van der Waals surface area contributed by atoms with Gasteiger partial charge in [-0.2, -0.15) is 13.2 Å². The third-order valence-corrected chi connectivity index (χ3v) is 4.75. The van der Waals surface area contributed by atoms with Crippen LogP contribution in [0, 0.1) is 0 Å². The zero-order valence-corrected chi connectivity index (χ0v) is 16.6. The minimum Gasteiger partial charge on any atom is -0.486 e. The number of carbonyl (C=O) groups is 1. The molecule has 156 valence electrons. The van der Waals surface area contributed by atoms with E-state index in [-0.39, 0.29) is 6.10 Å². The second-order valence-corrected chi connectivity index (χ2v) is 6.73. The van der Waals surface area contributed by atoms with Gasteiger partial charge in [0.05, 0.1) is 18.2 Å². The highest BCUT2D eigenvalue weighted by Gasteiger charge is 2.29. The molecule has 0 amide bonds. The number of rotatable bonds is 6. The maximum absolute atomic E-state index is 12.7. The number of esters is 1. The lowest BCUT2D eigenvalue weighted by Gasteiger charge is -2.18. The van der Waals surface area contributed by atoms with Gasteiger partial charge in [-0.05, 0) is 59.5 Å². The Hall–Kier alpha value is -3.28. The zero-order chi connectivity index (χ0) is 21.7. The topological polar surface area (TPSA) is 35.5 Å². The molecule has 3 aromatic rings. The molecule has 0 radical (unpaired) electrons. The van der Waals surface area contributed by atoms with Crippen molar-refractivity contribution in [1.82, 2.24) is 0 Å². The number of carbonyl (C=O) groups excluding carboxylic acids is 1. The highest BCUT2D eigenvalue weighted by atomic mass is 19.4.